The maximum absolute atomic E-state index is 5.99. The number of nitrogens with zero attached hydrogens (tertiary/aromatic N) is 1. The minimum absolute atomic E-state index is 0.326. The molecule has 0 unspecified atom stereocenters. The van der Waals surface area contributed by atoms with Gasteiger partial charge in [-0.3, -0.25) is 4.99 Å². The van der Waals surface area contributed by atoms with Gasteiger partial charge in [0.2, 0.25) is 0 Å². The fourth-order valence-corrected chi connectivity index (χ4v) is 3.33. The van der Waals surface area contributed by atoms with Crippen molar-refractivity contribution in [3.63, 3.8) is 0 Å². The minimum Gasteiger partial charge on any atom is -0.497 e. The van der Waals surface area contributed by atoms with Crippen LogP contribution in [-0.2, 0) is 29.0 Å². The van der Waals surface area contributed by atoms with Crippen LogP contribution < -0.4 is 15.4 Å². The van der Waals surface area contributed by atoms with Gasteiger partial charge in [-0.25, -0.2) is 0 Å². The van der Waals surface area contributed by atoms with Gasteiger partial charge in [-0.15, -0.1) is 0 Å². The molecule has 0 aliphatic carbocycles. The van der Waals surface area contributed by atoms with Gasteiger partial charge in [-0.1, -0.05) is 36.4 Å². The van der Waals surface area contributed by atoms with Gasteiger partial charge in [-0.2, -0.15) is 0 Å². The molecule has 1 aliphatic rings. The van der Waals surface area contributed by atoms with E-state index >= 15 is 0 Å². The lowest BCUT2D eigenvalue weighted by Crippen LogP contribution is -2.37. The highest BCUT2D eigenvalue weighted by Crippen LogP contribution is 2.14. The molecule has 2 aromatic rings. The Kier molecular flexibility index (Phi) is 9.00. The quantitative estimate of drug-likeness (QED) is 0.490. The molecule has 162 valence electrons. The summed E-state index contributed by atoms with van der Waals surface area (Å²) >= 11 is 0. The third-order valence-electron chi connectivity index (χ3n) is 5.23. The Morgan fingerprint density at radius 1 is 0.967 bits per heavy atom. The van der Waals surface area contributed by atoms with Gasteiger partial charge in [-0.05, 0) is 48.1 Å². The monoisotopic (exact) mass is 411 g/mol. The molecule has 0 aromatic heterocycles. The van der Waals surface area contributed by atoms with Gasteiger partial charge < -0.3 is 24.8 Å². The lowest BCUT2D eigenvalue weighted by molar-refractivity contribution is -0.0390. The summed E-state index contributed by atoms with van der Waals surface area (Å²) in [7, 11) is 3.47. The molecule has 1 saturated heterocycles. The molecule has 6 heteroatoms. The van der Waals surface area contributed by atoms with Crippen molar-refractivity contribution in [1.29, 1.82) is 0 Å². The molecule has 2 aromatic carbocycles. The van der Waals surface area contributed by atoms with Crippen LogP contribution in [0.25, 0.3) is 0 Å². The van der Waals surface area contributed by atoms with Gasteiger partial charge in [0.25, 0.3) is 0 Å². The molecule has 0 bridgehead atoms. The van der Waals surface area contributed by atoms with E-state index in [-0.39, 0.29) is 0 Å². The van der Waals surface area contributed by atoms with E-state index in [0.29, 0.717) is 12.7 Å². The zero-order valence-corrected chi connectivity index (χ0v) is 18.0. The van der Waals surface area contributed by atoms with E-state index in [1.54, 1.807) is 14.2 Å². The van der Waals surface area contributed by atoms with Crippen molar-refractivity contribution in [1.82, 2.24) is 10.6 Å². The summed E-state index contributed by atoms with van der Waals surface area (Å²) < 4.78 is 16.6. The van der Waals surface area contributed by atoms with Crippen molar-refractivity contribution in [2.75, 3.05) is 33.9 Å². The first kappa shape index (κ1) is 22.1. The summed E-state index contributed by atoms with van der Waals surface area (Å²) in [6, 6.07) is 16.7. The molecular weight excluding hydrogens is 378 g/mol. The van der Waals surface area contributed by atoms with Gasteiger partial charge >= 0.3 is 0 Å². The largest absolute Gasteiger partial charge is 0.497 e. The Bertz CT molecular complexity index is 769. The maximum Gasteiger partial charge on any atom is 0.191 e. The number of hydrogen-bond donors (Lipinski definition) is 2. The number of ether oxygens (including phenoxy) is 3. The fourth-order valence-electron chi connectivity index (χ4n) is 3.33. The number of guanidine groups is 1. The summed E-state index contributed by atoms with van der Waals surface area (Å²) in [6.07, 6.45) is 3.23. The van der Waals surface area contributed by atoms with Crippen LogP contribution >= 0.6 is 0 Å². The van der Waals surface area contributed by atoms with Gasteiger partial charge in [0, 0.05) is 33.4 Å². The van der Waals surface area contributed by atoms with Crippen LogP contribution in [0.1, 0.15) is 29.5 Å². The lowest BCUT2D eigenvalue weighted by Gasteiger charge is -2.22. The van der Waals surface area contributed by atoms with Crippen molar-refractivity contribution in [3.8, 4) is 5.75 Å². The number of rotatable bonds is 9. The molecule has 1 aliphatic heterocycles. The van der Waals surface area contributed by atoms with Crippen LogP contribution in [-0.4, -0.2) is 46.0 Å². The Balaban J connectivity index is 1.36. The number of methoxy groups -OCH3 is 1. The lowest BCUT2D eigenvalue weighted by atomic mass is 10.1. The van der Waals surface area contributed by atoms with Crippen molar-refractivity contribution in [2.24, 2.45) is 4.99 Å². The smallest absolute Gasteiger partial charge is 0.191 e. The number of nitrogens with one attached hydrogen (secondary N) is 2. The van der Waals surface area contributed by atoms with E-state index in [0.717, 1.165) is 57.3 Å². The standard InChI is InChI=1S/C24H33N3O3/c1-25-24(26-14-11-19-7-9-22(28-2)10-8-19)27-17-20-3-5-21(6-4-20)18-30-23-12-15-29-16-13-23/h3-10,23H,11-18H2,1-2H3,(H2,25,26,27). The number of benzene rings is 2. The molecule has 0 radical (unpaired) electrons. The van der Waals surface area contributed by atoms with Crippen LogP contribution in [0.3, 0.4) is 0 Å². The first-order valence-corrected chi connectivity index (χ1v) is 10.6. The second-order valence-electron chi connectivity index (χ2n) is 7.39. The summed E-state index contributed by atoms with van der Waals surface area (Å²) in [5, 5.41) is 6.73. The summed E-state index contributed by atoms with van der Waals surface area (Å²) in [4.78, 5) is 4.30. The Hall–Kier alpha value is -2.57. The Labute approximate surface area is 179 Å². The first-order chi connectivity index (χ1) is 14.8. The van der Waals surface area contributed by atoms with Crippen LogP contribution in [0, 0.1) is 0 Å². The number of hydrogen-bond acceptors (Lipinski definition) is 4. The van der Waals surface area contributed by atoms with E-state index in [1.807, 2.05) is 12.1 Å². The molecule has 0 saturated carbocycles. The predicted molar refractivity (Wildman–Crippen MR) is 120 cm³/mol. The van der Waals surface area contributed by atoms with Crippen LogP contribution in [0.2, 0.25) is 0 Å². The molecule has 1 fully saturated rings. The van der Waals surface area contributed by atoms with Crippen molar-refractivity contribution < 1.29 is 14.2 Å². The van der Waals surface area contributed by atoms with Crippen molar-refractivity contribution in [3.05, 3.63) is 65.2 Å². The molecule has 30 heavy (non-hydrogen) atoms. The second kappa shape index (κ2) is 12.2. The average molecular weight is 412 g/mol. The topological polar surface area (TPSA) is 64.1 Å². The Morgan fingerprint density at radius 2 is 1.63 bits per heavy atom. The summed E-state index contributed by atoms with van der Waals surface area (Å²) in [5.41, 5.74) is 3.67. The molecular formula is C24H33N3O3. The SMILES string of the molecule is CN=C(NCCc1ccc(OC)cc1)NCc1ccc(COC2CCOCC2)cc1. The van der Waals surface area contributed by atoms with Crippen LogP contribution in [0.4, 0.5) is 0 Å². The summed E-state index contributed by atoms with van der Waals surface area (Å²) in [5.74, 6) is 1.68. The zero-order chi connectivity index (χ0) is 21.0. The third-order valence-corrected chi connectivity index (χ3v) is 5.23. The molecule has 2 N–H and O–H groups in total. The van der Waals surface area contributed by atoms with E-state index in [4.69, 9.17) is 14.2 Å². The predicted octanol–water partition coefficient (Wildman–Crippen LogP) is 3.30. The van der Waals surface area contributed by atoms with E-state index in [9.17, 15) is 0 Å². The van der Waals surface area contributed by atoms with Crippen molar-refractivity contribution >= 4 is 5.96 Å². The molecule has 1 heterocycles. The highest BCUT2D eigenvalue weighted by atomic mass is 16.5. The molecule has 0 amide bonds. The fraction of sp³-hybridized carbons (Fsp3) is 0.458. The zero-order valence-electron chi connectivity index (χ0n) is 18.0. The third kappa shape index (κ3) is 7.35. The normalized spacial score (nSPS) is 15.1. The maximum atomic E-state index is 5.99. The highest BCUT2D eigenvalue weighted by Gasteiger charge is 2.13. The molecule has 6 nitrogen and oxygen atoms in total. The molecule has 0 spiro atoms. The van der Waals surface area contributed by atoms with E-state index in [1.165, 1.54) is 16.7 Å². The van der Waals surface area contributed by atoms with E-state index < -0.39 is 0 Å². The van der Waals surface area contributed by atoms with Gasteiger partial charge in [0.05, 0.1) is 19.8 Å². The first-order valence-electron chi connectivity index (χ1n) is 10.6. The minimum atomic E-state index is 0.326. The summed E-state index contributed by atoms with van der Waals surface area (Å²) in [6.45, 7) is 3.82. The highest BCUT2D eigenvalue weighted by molar-refractivity contribution is 5.79. The number of aliphatic imine (C=N–C) groups is 1. The average Bonchev–Trinajstić information content (AvgIpc) is 2.81. The molecule has 0 atom stereocenters. The van der Waals surface area contributed by atoms with E-state index in [2.05, 4.69) is 52.0 Å². The second-order valence-corrected chi connectivity index (χ2v) is 7.39. The van der Waals surface area contributed by atoms with Crippen LogP contribution in [0.15, 0.2) is 53.5 Å². The van der Waals surface area contributed by atoms with Gasteiger partial charge in [0.15, 0.2) is 5.96 Å². The van der Waals surface area contributed by atoms with Gasteiger partial charge in [0.1, 0.15) is 5.75 Å². The Morgan fingerprint density at radius 3 is 2.30 bits per heavy atom. The molecule has 3 rings (SSSR count). The van der Waals surface area contributed by atoms with Crippen LogP contribution in [0.5, 0.6) is 5.75 Å². The van der Waals surface area contributed by atoms with Crippen molar-refractivity contribution in [2.45, 2.75) is 38.5 Å².